The standard InChI is InChI=1S/C21H17F4N3O3/c1-30-17-7-6-12(8-16(17)22)19-26-20(31-27-19)14-9-18(29)28(11-14)10-13-4-2-3-5-15(13)21(23,24)25/h2-8,14H,9-11H2,1H3. The third-order valence-electron chi connectivity index (χ3n) is 5.10. The topological polar surface area (TPSA) is 68.5 Å². The molecule has 0 bridgehead atoms. The molecule has 0 spiro atoms. The summed E-state index contributed by atoms with van der Waals surface area (Å²) in [6, 6.07) is 9.35. The van der Waals surface area contributed by atoms with E-state index in [1.54, 1.807) is 6.07 Å². The average molecular weight is 435 g/mol. The fourth-order valence-electron chi connectivity index (χ4n) is 3.55. The molecule has 0 radical (unpaired) electrons. The van der Waals surface area contributed by atoms with Crippen LogP contribution in [0.25, 0.3) is 11.4 Å². The number of benzene rings is 2. The highest BCUT2D eigenvalue weighted by atomic mass is 19.4. The zero-order chi connectivity index (χ0) is 22.2. The fourth-order valence-corrected chi connectivity index (χ4v) is 3.55. The van der Waals surface area contributed by atoms with E-state index in [1.807, 2.05) is 0 Å². The molecule has 1 amide bonds. The molecule has 10 heteroatoms. The number of alkyl halides is 3. The molecule has 0 N–H and O–H groups in total. The molecule has 1 fully saturated rings. The first-order chi connectivity index (χ1) is 14.8. The number of hydrogen-bond acceptors (Lipinski definition) is 5. The van der Waals surface area contributed by atoms with E-state index in [1.165, 1.54) is 42.3 Å². The van der Waals surface area contributed by atoms with Crippen molar-refractivity contribution in [1.82, 2.24) is 15.0 Å². The van der Waals surface area contributed by atoms with Crippen LogP contribution in [0.4, 0.5) is 17.6 Å². The van der Waals surface area contributed by atoms with E-state index in [-0.39, 0.29) is 48.4 Å². The molecule has 0 aliphatic carbocycles. The Morgan fingerprint density at radius 1 is 1.23 bits per heavy atom. The highest BCUT2D eigenvalue weighted by molar-refractivity contribution is 5.79. The SMILES string of the molecule is COc1ccc(-c2noc(C3CC(=O)N(Cc4ccccc4C(F)(F)F)C3)n2)cc1F. The maximum atomic E-state index is 13.9. The van der Waals surface area contributed by atoms with Crippen molar-refractivity contribution >= 4 is 5.91 Å². The maximum absolute atomic E-state index is 13.9. The number of amides is 1. The molecule has 3 aromatic rings. The first-order valence-electron chi connectivity index (χ1n) is 9.36. The molecule has 1 aliphatic rings. The van der Waals surface area contributed by atoms with E-state index in [0.29, 0.717) is 5.56 Å². The second-order valence-corrected chi connectivity index (χ2v) is 7.14. The second kappa shape index (κ2) is 8.01. The van der Waals surface area contributed by atoms with Gasteiger partial charge in [0.15, 0.2) is 11.6 Å². The molecule has 1 saturated heterocycles. The van der Waals surface area contributed by atoms with Gasteiger partial charge in [-0.05, 0) is 29.8 Å². The summed E-state index contributed by atoms with van der Waals surface area (Å²) < 4.78 is 63.7. The molecule has 2 heterocycles. The summed E-state index contributed by atoms with van der Waals surface area (Å²) in [5.74, 6) is -0.969. The Morgan fingerprint density at radius 2 is 2.00 bits per heavy atom. The van der Waals surface area contributed by atoms with Crippen LogP contribution < -0.4 is 4.74 Å². The van der Waals surface area contributed by atoms with Gasteiger partial charge in [-0.15, -0.1) is 0 Å². The molecule has 4 rings (SSSR count). The molecule has 1 unspecified atom stereocenters. The lowest BCUT2D eigenvalue weighted by Crippen LogP contribution is -2.26. The van der Waals surface area contributed by atoms with Crippen LogP contribution >= 0.6 is 0 Å². The van der Waals surface area contributed by atoms with E-state index in [9.17, 15) is 22.4 Å². The first kappa shape index (κ1) is 20.8. The minimum atomic E-state index is -4.51. The number of hydrogen-bond donors (Lipinski definition) is 0. The van der Waals surface area contributed by atoms with Crippen LogP contribution in [0.3, 0.4) is 0 Å². The van der Waals surface area contributed by atoms with Crippen molar-refractivity contribution in [3.05, 3.63) is 65.3 Å². The van der Waals surface area contributed by atoms with Gasteiger partial charge in [-0.25, -0.2) is 4.39 Å². The van der Waals surface area contributed by atoms with Gasteiger partial charge < -0.3 is 14.2 Å². The number of ether oxygens (including phenoxy) is 1. The van der Waals surface area contributed by atoms with Crippen molar-refractivity contribution in [2.24, 2.45) is 0 Å². The summed E-state index contributed by atoms with van der Waals surface area (Å²) in [6.45, 7) is -0.0284. The Hall–Kier alpha value is -3.43. The zero-order valence-corrected chi connectivity index (χ0v) is 16.3. The van der Waals surface area contributed by atoms with E-state index in [0.717, 1.165) is 6.07 Å². The third kappa shape index (κ3) is 4.23. The third-order valence-corrected chi connectivity index (χ3v) is 5.10. The number of halogens is 4. The van der Waals surface area contributed by atoms with Crippen molar-refractivity contribution in [3.8, 4) is 17.1 Å². The van der Waals surface area contributed by atoms with Crippen LogP contribution in [0.5, 0.6) is 5.75 Å². The molecule has 31 heavy (non-hydrogen) atoms. The number of likely N-dealkylation sites (tertiary alicyclic amines) is 1. The van der Waals surface area contributed by atoms with E-state index in [2.05, 4.69) is 10.1 Å². The Morgan fingerprint density at radius 3 is 2.71 bits per heavy atom. The van der Waals surface area contributed by atoms with Gasteiger partial charge >= 0.3 is 6.18 Å². The van der Waals surface area contributed by atoms with Crippen LogP contribution in [-0.2, 0) is 17.5 Å². The minimum absolute atomic E-state index is 0.0175. The van der Waals surface area contributed by atoms with Crippen molar-refractivity contribution < 1.29 is 31.6 Å². The van der Waals surface area contributed by atoms with Crippen LogP contribution in [0, 0.1) is 5.82 Å². The van der Waals surface area contributed by atoms with E-state index in [4.69, 9.17) is 9.26 Å². The van der Waals surface area contributed by atoms with Gasteiger partial charge in [0.05, 0.1) is 18.6 Å². The summed E-state index contributed by atoms with van der Waals surface area (Å²) in [5.41, 5.74) is -0.384. The van der Waals surface area contributed by atoms with Gasteiger partial charge in [-0.2, -0.15) is 18.2 Å². The van der Waals surface area contributed by atoms with E-state index >= 15 is 0 Å². The summed E-state index contributed by atoms with van der Waals surface area (Å²) >= 11 is 0. The Kier molecular flexibility index (Phi) is 5.38. The molecule has 162 valence electrons. The normalized spacial score (nSPS) is 16.7. The molecule has 2 aromatic carbocycles. The first-order valence-corrected chi connectivity index (χ1v) is 9.36. The lowest BCUT2D eigenvalue weighted by molar-refractivity contribution is -0.139. The quantitative estimate of drug-likeness (QED) is 0.555. The molecule has 1 aliphatic heterocycles. The van der Waals surface area contributed by atoms with Crippen LogP contribution in [0.1, 0.15) is 29.4 Å². The number of methoxy groups -OCH3 is 1. The van der Waals surface area contributed by atoms with Crippen molar-refractivity contribution in [3.63, 3.8) is 0 Å². The molecule has 0 saturated carbocycles. The fraction of sp³-hybridized carbons (Fsp3) is 0.286. The molecular formula is C21H17F4N3O3. The number of aromatic nitrogens is 2. The predicted octanol–water partition coefficient (Wildman–Crippen LogP) is 4.42. The predicted molar refractivity (Wildman–Crippen MR) is 100 cm³/mol. The molecule has 6 nitrogen and oxygen atoms in total. The van der Waals surface area contributed by atoms with Gasteiger partial charge in [0.25, 0.3) is 0 Å². The van der Waals surface area contributed by atoms with Gasteiger partial charge in [0.2, 0.25) is 17.6 Å². The Labute approximate surface area is 174 Å². The van der Waals surface area contributed by atoms with E-state index < -0.39 is 23.5 Å². The summed E-state index contributed by atoms with van der Waals surface area (Å²) in [4.78, 5) is 18.0. The second-order valence-electron chi connectivity index (χ2n) is 7.14. The van der Waals surface area contributed by atoms with Gasteiger partial charge in [0, 0.05) is 25.1 Å². The Bertz CT molecular complexity index is 1110. The number of carbonyl (C=O) groups excluding carboxylic acids is 1. The lowest BCUT2D eigenvalue weighted by Gasteiger charge is -2.19. The number of nitrogens with zero attached hydrogens (tertiary/aromatic N) is 3. The molecular weight excluding hydrogens is 418 g/mol. The van der Waals surface area contributed by atoms with Crippen LogP contribution in [-0.4, -0.2) is 34.6 Å². The highest BCUT2D eigenvalue weighted by Crippen LogP contribution is 2.35. The van der Waals surface area contributed by atoms with Crippen molar-refractivity contribution in [2.45, 2.75) is 25.1 Å². The molecule has 1 atom stereocenters. The smallest absolute Gasteiger partial charge is 0.416 e. The van der Waals surface area contributed by atoms with Crippen LogP contribution in [0.15, 0.2) is 47.0 Å². The van der Waals surface area contributed by atoms with Crippen molar-refractivity contribution in [2.75, 3.05) is 13.7 Å². The maximum Gasteiger partial charge on any atom is 0.416 e. The summed E-state index contributed by atoms with van der Waals surface area (Å²) in [6.07, 6.45) is -4.47. The highest BCUT2D eigenvalue weighted by Gasteiger charge is 2.37. The largest absolute Gasteiger partial charge is 0.494 e. The average Bonchev–Trinajstić information content (AvgIpc) is 3.35. The Balaban J connectivity index is 1.50. The molecule has 1 aromatic heterocycles. The van der Waals surface area contributed by atoms with Gasteiger partial charge in [0.1, 0.15) is 0 Å². The van der Waals surface area contributed by atoms with Gasteiger partial charge in [-0.3, -0.25) is 4.79 Å². The number of carbonyl (C=O) groups is 1. The lowest BCUT2D eigenvalue weighted by atomic mass is 10.1. The van der Waals surface area contributed by atoms with Crippen LogP contribution in [0.2, 0.25) is 0 Å². The monoisotopic (exact) mass is 435 g/mol. The minimum Gasteiger partial charge on any atom is -0.494 e. The zero-order valence-electron chi connectivity index (χ0n) is 16.3. The number of rotatable bonds is 5. The van der Waals surface area contributed by atoms with Crippen molar-refractivity contribution in [1.29, 1.82) is 0 Å². The summed E-state index contributed by atoms with van der Waals surface area (Å²) in [7, 11) is 1.35. The summed E-state index contributed by atoms with van der Waals surface area (Å²) in [5, 5.41) is 3.84. The van der Waals surface area contributed by atoms with Gasteiger partial charge in [-0.1, -0.05) is 23.4 Å².